The topological polar surface area (TPSA) is 15.8 Å². The second kappa shape index (κ2) is 4.05. The fraction of sp³-hybridized carbons (Fsp3) is 0.538. The van der Waals surface area contributed by atoms with E-state index in [0.29, 0.717) is 5.92 Å². The monoisotopic (exact) mass is 223 g/mol. The SMILES string of the molecule is Cc1[nH]c2c(c1CC(C)C)C=C(Cl)CC2. The number of H-pyrrole nitrogens is 1. The molecule has 1 aliphatic carbocycles. The normalized spacial score (nSPS) is 15.4. The number of hydrogen-bond donors (Lipinski definition) is 1. The van der Waals surface area contributed by atoms with Gasteiger partial charge in [-0.3, -0.25) is 0 Å². The first-order valence-corrected chi connectivity index (χ1v) is 6.02. The van der Waals surface area contributed by atoms with Crippen molar-refractivity contribution < 1.29 is 0 Å². The van der Waals surface area contributed by atoms with Crippen molar-refractivity contribution in [1.29, 1.82) is 0 Å². The zero-order valence-electron chi connectivity index (χ0n) is 9.65. The van der Waals surface area contributed by atoms with Gasteiger partial charge >= 0.3 is 0 Å². The number of allylic oxidation sites excluding steroid dienone is 1. The first-order chi connectivity index (χ1) is 7.08. The van der Waals surface area contributed by atoms with E-state index in [1.807, 2.05) is 0 Å². The zero-order chi connectivity index (χ0) is 11.0. The van der Waals surface area contributed by atoms with Crippen LogP contribution in [0, 0.1) is 12.8 Å². The highest BCUT2D eigenvalue weighted by atomic mass is 35.5. The van der Waals surface area contributed by atoms with Crippen LogP contribution in [0.5, 0.6) is 0 Å². The third-order valence-electron chi connectivity index (χ3n) is 2.97. The van der Waals surface area contributed by atoms with Crippen molar-refractivity contribution in [3.05, 3.63) is 27.5 Å². The molecule has 15 heavy (non-hydrogen) atoms. The summed E-state index contributed by atoms with van der Waals surface area (Å²) >= 11 is 6.11. The number of rotatable bonds is 2. The lowest BCUT2D eigenvalue weighted by molar-refractivity contribution is 0.644. The average molecular weight is 224 g/mol. The Bertz CT molecular complexity index is 399. The number of aromatic amines is 1. The summed E-state index contributed by atoms with van der Waals surface area (Å²) < 4.78 is 0. The van der Waals surface area contributed by atoms with Crippen molar-refractivity contribution in [3.63, 3.8) is 0 Å². The summed E-state index contributed by atoms with van der Waals surface area (Å²) in [5, 5.41) is 0.992. The van der Waals surface area contributed by atoms with Crippen LogP contribution >= 0.6 is 11.6 Å². The molecule has 0 atom stereocenters. The molecule has 0 unspecified atom stereocenters. The average Bonchev–Trinajstić information content (AvgIpc) is 2.43. The fourth-order valence-electron chi connectivity index (χ4n) is 2.27. The molecule has 0 bridgehead atoms. The molecular formula is C13H18ClN. The van der Waals surface area contributed by atoms with Crippen molar-refractivity contribution in [2.45, 2.75) is 40.0 Å². The van der Waals surface area contributed by atoms with E-state index < -0.39 is 0 Å². The summed E-state index contributed by atoms with van der Waals surface area (Å²) in [6, 6.07) is 0. The predicted octanol–water partition coefficient (Wildman–Crippen LogP) is 4.05. The van der Waals surface area contributed by atoms with Gasteiger partial charge in [-0.1, -0.05) is 25.4 Å². The Balaban J connectivity index is 2.43. The molecule has 2 heteroatoms. The number of halogens is 1. The molecular weight excluding hydrogens is 206 g/mol. The van der Waals surface area contributed by atoms with Gasteiger partial charge < -0.3 is 4.98 Å². The van der Waals surface area contributed by atoms with Crippen LogP contribution in [0.1, 0.15) is 42.8 Å². The minimum atomic E-state index is 0.692. The first-order valence-electron chi connectivity index (χ1n) is 5.64. The van der Waals surface area contributed by atoms with Gasteiger partial charge in [0.05, 0.1) is 0 Å². The smallest absolute Gasteiger partial charge is 0.0229 e. The maximum absolute atomic E-state index is 6.11. The molecule has 0 aliphatic heterocycles. The fourth-order valence-corrected chi connectivity index (χ4v) is 2.47. The Labute approximate surface area is 96.5 Å². The Morgan fingerprint density at radius 3 is 2.80 bits per heavy atom. The molecule has 1 aromatic heterocycles. The van der Waals surface area contributed by atoms with Crippen molar-refractivity contribution in [2.24, 2.45) is 5.92 Å². The van der Waals surface area contributed by atoms with Crippen molar-refractivity contribution in [3.8, 4) is 0 Å². The highest BCUT2D eigenvalue weighted by molar-refractivity contribution is 6.31. The Morgan fingerprint density at radius 2 is 2.13 bits per heavy atom. The minimum absolute atomic E-state index is 0.692. The quantitative estimate of drug-likeness (QED) is 0.779. The zero-order valence-corrected chi connectivity index (χ0v) is 10.4. The molecule has 1 aliphatic rings. The highest BCUT2D eigenvalue weighted by Crippen LogP contribution is 2.31. The Kier molecular flexibility index (Phi) is 2.92. The first kappa shape index (κ1) is 10.8. The van der Waals surface area contributed by atoms with Crippen LogP contribution in [0.25, 0.3) is 6.08 Å². The van der Waals surface area contributed by atoms with E-state index in [4.69, 9.17) is 11.6 Å². The largest absolute Gasteiger partial charge is 0.362 e. The molecule has 1 N–H and O–H groups in total. The van der Waals surface area contributed by atoms with Crippen LogP contribution in [0.15, 0.2) is 5.03 Å². The molecule has 0 saturated carbocycles. The van der Waals surface area contributed by atoms with Gasteiger partial charge in [-0.2, -0.15) is 0 Å². The molecule has 0 spiro atoms. The Morgan fingerprint density at radius 1 is 1.40 bits per heavy atom. The summed E-state index contributed by atoms with van der Waals surface area (Å²) in [6.45, 7) is 6.68. The van der Waals surface area contributed by atoms with E-state index in [2.05, 4.69) is 31.8 Å². The molecule has 1 heterocycles. The third kappa shape index (κ3) is 2.12. The van der Waals surface area contributed by atoms with Crippen LogP contribution in [0.4, 0.5) is 0 Å². The van der Waals surface area contributed by atoms with Crippen molar-refractivity contribution in [2.75, 3.05) is 0 Å². The molecule has 0 fully saturated rings. The van der Waals surface area contributed by atoms with E-state index in [1.165, 1.54) is 22.5 Å². The van der Waals surface area contributed by atoms with Gasteiger partial charge in [0.2, 0.25) is 0 Å². The molecule has 1 nitrogen and oxygen atoms in total. The summed E-state index contributed by atoms with van der Waals surface area (Å²) in [5.41, 5.74) is 5.50. The van der Waals surface area contributed by atoms with Gasteiger partial charge in [0.15, 0.2) is 0 Å². The van der Waals surface area contributed by atoms with Crippen molar-refractivity contribution in [1.82, 2.24) is 4.98 Å². The number of aryl methyl sites for hydroxylation is 2. The maximum Gasteiger partial charge on any atom is 0.0229 e. The van der Waals surface area contributed by atoms with E-state index >= 15 is 0 Å². The number of nitrogens with one attached hydrogen (secondary N) is 1. The number of fused-ring (bicyclic) bond motifs is 1. The van der Waals surface area contributed by atoms with Crippen LogP contribution < -0.4 is 0 Å². The molecule has 0 amide bonds. The molecule has 1 aromatic rings. The minimum Gasteiger partial charge on any atom is -0.362 e. The lowest BCUT2D eigenvalue weighted by atomic mass is 9.95. The summed E-state index contributed by atoms with van der Waals surface area (Å²) in [7, 11) is 0. The van der Waals surface area contributed by atoms with Gasteiger partial charge in [-0.15, -0.1) is 0 Å². The predicted molar refractivity (Wildman–Crippen MR) is 66.2 cm³/mol. The summed E-state index contributed by atoms with van der Waals surface area (Å²) in [6.07, 6.45) is 5.32. The van der Waals surface area contributed by atoms with Gasteiger partial charge in [-0.05, 0) is 49.3 Å². The lowest BCUT2D eigenvalue weighted by Crippen LogP contribution is -1.99. The van der Waals surface area contributed by atoms with Crippen LogP contribution in [-0.2, 0) is 12.8 Å². The highest BCUT2D eigenvalue weighted by Gasteiger charge is 2.17. The molecule has 0 saturated heterocycles. The third-order valence-corrected chi connectivity index (χ3v) is 3.27. The second-order valence-corrected chi connectivity index (χ2v) is 5.30. The molecule has 82 valence electrons. The summed E-state index contributed by atoms with van der Waals surface area (Å²) in [5.74, 6) is 0.692. The van der Waals surface area contributed by atoms with E-state index in [0.717, 1.165) is 24.3 Å². The van der Waals surface area contributed by atoms with E-state index in [9.17, 15) is 0 Å². The molecule has 2 rings (SSSR count). The molecule has 0 aromatic carbocycles. The Hall–Kier alpha value is -0.690. The number of hydrogen-bond acceptors (Lipinski definition) is 0. The van der Waals surface area contributed by atoms with Crippen LogP contribution in [-0.4, -0.2) is 4.98 Å². The van der Waals surface area contributed by atoms with E-state index in [-0.39, 0.29) is 0 Å². The van der Waals surface area contributed by atoms with Crippen LogP contribution in [0.2, 0.25) is 0 Å². The standard InChI is InChI=1S/C13H18ClN/c1-8(2)6-11-9(3)15-13-5-4-10(14)7-12(11)13/h7-8,15H,4-6H2,1-3H3. The van der Waals surface area contributed by atoms with Crippen molar-refractivity contribution >= 4 is 17.7 Å². The van der Waals surface area contributed by atoms with E-state index in [1.54, 1.807) is 0 Å². The van der Waals surface area contributed by atoms with Crippen LogP contribution in [0.3, 0.4) is 0 Å². The number of aromatic nitrogens is 1. The van der Waals surface area contributed by atoms with Gasteiger partial charge in [0.25, 0.3) is 0 Å². The van der Waals surface area contributed by atoms with Gasteiger partial charge in [-0.25, -0.2) is 0 Å². The molecule has 0 radical (unpaired) electrons. The second-order valence-electron chi connectivity index (χ2n) is 4.81. The van der Waals surface area contributed by atoms with Gasteiger partial charge in [0.1, 0.15) is 0 Å². The van der Waals surface area contributed by atoms with Gasteiger partial charge in [0, 0.05) is 16.4 Å². The maximum atomic E-state index is 6.11. The lowest BCUT2D eigenvalue weighted by Gasteiger charge is -2.11. The summed E-state index contributed by atoms with van der Waals surface area (Å²) in [4.78, 5) is 3.49.